The monoisotopic (exact) mass is 443 g/mol. The van der Waals surface area contributed by atoms with Crippen molar-refractivity contribution in [2.75, 3.05) is 0 Å². The summed E-state index contributed by atoms with van der Waals surface area (Å²) < 4.78 is 0. The number of amides is 1. The highest BCUT2D eigenvalue weighted by atomic mass is 16.3. The number of hydrogen-bond acceptors (Lipinski definition) is 7. The normalized spacial score (nSPS) is 31.7. The van der Waals surface area contributed by atoms with Gasteiger partial charge in [0.1, 0.15) is 17.4 Å². The van der Waals surface area contributed by atoms with Crippen LogP contribution in [0.3, 0.4) is 0 Å². The molecule has 0 saturated heterocycles. The molecule has 1 amide bonds. The van der Waals surface area contributed by atoms with Gasteiger partial charge in [0.25, 0.3) is 0 Å². The molecule has 1 aromatic carbocycles. The van der Waals surface area contributed by atoms with Gasteiger partial charge in [-0.2, -0.15) is 0 Å². The SMILES string of the molecule is CCCCCc1ccc(O)c2c1C[C@H]1C[C@H]3CC(O)C(C(N)=O)C(=O)[C@@]3(O)C(O)=C1C2=O. The maximum Gasteiger partial charge on any atom is 0.230 e. The highest BCUT2D eigenvalue weighted by molar-refractivity contribution is 6.15. The molecule has 1 aromatic rings. The minimum Gasteiger partial charge on any atom is -0.508 e. The summed E-state index contributed by atoms with van der Waals surface area (Å²) in [5, 5.41) is 43.0. The average Bonchev–Trinajstić information content (AvgIpc) is 2.72. The number of unbranched alkanes of at least 4 members (excludes halogenated alkanes) is 2. The molecule has 0 aliphatic heterocycles. The molecule has 1 saturated carbocycles. The number of phenols is 1. The number of carbonyl (C=O) groups excluding carboxylic acids is 3. The van der Waals surface area contributed by atoms with Crippen LogP contribution in [-0.2, 0) is 22.4 Å². The number of ketones is 2. The maximum absolute atomic E-state index is 13.4. The van der Waals surface area contributed by atoms with Crippen LogP contribution in [-0.4, -0.2) is 49.6 Å². The van der Waals surface area contributed by atoms with E-state index in [0.29, 0.717) is 6.42 Å². The van der Waals surface area contributed by atoms with Crippen molar-refractivity contribution in [2.45, 2.75) is 63.6 Å². The number of primary amides is 1. The quantitative estimate of drug-likeness (QED) is 0.340. The van der Waals surface area contributed by atoms with Crippen LogP contribution in [0.2, 0.25) is 0 Å². The molecule has 0 radical (unpaired) electrons. The largest absolute Gasteiger partial charge is 0.508 e. The summed E-state index contributed by atoms with van der Waals surface area (Å²) >= 11 is 0. The van der Waals surface area contributed by atoms with E-state index in [1.807, 2.05) is 6.07 Å². The zero-order chi connectivity index (χ0) is 23.4. The second-order valence-corrected chi connectivity index (χ2v) is 9.29. The first kappa shape index (κ1) is 22.5. The van der Waals surface area contributed by atoms with Gasteiger partial charge in [0.05, 0.1) is 11.7 Å². The van der Waals surface area contributed by atoms with Gasteiger partial charge in [0, 0.05) is 11.5 Å². The molecular formula is C24H29NO7. The molecule has 0 heterocycles. The maximum atomic E-state index is 13.4. The predicted octanol–water partition coefficient (Wildman–Crippen LogP) is 1.48. The predicted molar refractivity (Wildman–Crippen MR) is 114 cm³/mol. The Hall–Kier alpha value is -2.71. The second kappa shape index (κ2) is 8.01. The number of aryl methyl sites for hydroxylation is 1. The van der Waals surface area contributed by atoms with Gasteiger partial charge in [-0.25, -0.2) is 0 Å². The molecule has 0 aromatic heterocycles. The number of allylic oxidation sites excluding steroid dienone is 1. The Morgan fingerprint density at radius 1 is 1.19 bits per heavy atom. The number of fused-ring (bicyclic) bond motifs is 3. The highest BCUT2D eigenvalue weighted by Crippen LogP contribution is 2.51. The van der Waals surface area contributed by atoms with Crippen LogP contribution < -0.4 is 5.73 Å². The van der Waals surface area contributed by atoms with Gasteiger partial charge in [-0.3, -0.25) is 14.4 Å². The topological polar surface area (TPSA) is 158 Å². The lowest BCUT2D eigenvalue weighted by Gasteiger charge is -2.48. The van der Waals surface area contributed by atoms with E-state index in [2.05, 4.69) is 6.92 Å². The zero-order valence-electron chi connectivity index (χ0n) is 18.0. The number of aromatic hydroxyl groups is 1. The number of phenolic OH excluding ortho intramolecular Hbond substituents is 1. The summed E-state index contributed by atoms with van der Waals surface area (Å²) in [7, 11) is 0. The number of rotatable bonds is 5. The van der Waals surface area contributed by atoms with Crippen molar-refractivity contribution in [2.24, 2.45) is 23.5 Å². The van der Waals surface area contributed by atoms with Crippen LogP contribution in [0.5, 0.6) is 5.75 Å². The third-order valence-electron chi connectivity index (χ3n) is 7.42. The highest BCUT2D eigenvalue weighted by Gasteiger charge is 2.62. The van der Waals surface area contributed by atoms with Gasteiger partial charge in [-0.05, 0) is 55.2 Å². The van der Waals surface area contributed by atoms with E-state index < -0.39 is 52.7 Å². The molecule has 1 fully saturated rings. The lowest BCUT2D eigenvalue weighted by molar-refractivity contribution is -0.167. The van der Waals surface area contributed by atoms with E-state index in [4.69, 9.17) is 5.73 Å². The van der Waals surface area contributed by atoms with Gasteiger partial charge >= 0.3 is 0 Å². The van der Waals surface area contributed by atoms with Crippen LogP contribution in [0, 0.1) is 17.8 Å². The van der Waals surface area contributed by atoms with Crippen LogP contribution >= 0.6 is 0 Å². The zero-order valence-corrected chi connectivity index (χ0v) is 18.0. The number of hydrogen-bond donors (Lipinski definition) is 5. The molecule has 8 nitrogen and oxygen atoms in total. The smallest absolute Gasteiger partial charge is 0.230 e. The molecule has 172 valence electrons. The Morgan fingerprint density at radius 2 is 1.91 bits per heavy atom. The molecule has 4 rings (SSSR count). The number of aliphatic hydroxyl groups excluding tert-OH is 2. The molecule has 6 N–H and O–H groups in total. The van der Waals surface area contributed by atoms with Crippen molar-refractivity contribution >= 4 is 17.5 Å². The average molecular weight is 443 g/mol. The molecule has 0 bridgehead atoms. The van der Waals surface area contributed by atoms with E-state index in [-0.39, 0.29) is 29.7 Å². The summed E-state index contributed by atoms with van der Waals surface area (Å²) in [5.41, 5.74) is 4.47. The summed E-state index contributed by atoms with van der Waals surface area (Å²) in [6, 6.07) is 3.28. The van der Waals surface area contributed by atoms with Crippen molar-refractivity contribution in [3.8, 4) is 5.75 Å². The van der Waals surface area contributed by atoms with Crippen molar-refractivity contribution in [1.29, 1.82) is 0 Å². The first-order chi connectivity index (χ1) is 15.1. The van der Waals surface area contributed by atoms with Crippen molar-refractivity contribution in [3.05, 3.63) is 40.2 Å². The first-order valence-corrected chi connectivity index (χ1v) is 11.2. The number of benzene rings is 1. The van der Waals surface area contributed by atoms with Crippen LogP contribution in [0.25, 0.3) is 0 Å². The van der Waals surface area contributed by atoms with Gasteiger partial charge in [-0.15, -0.1) is 0 Å². The molecule has 3 aliphatic carbocycles. The van der Waals surface area contributed by atoms with E-state index >= 15 is 0 Å². The van der Waals surface area contributed by atoms with E-state index in [1.165, 1.54) is 6.07 Å². The summed E-state index contributed by atoms with van der Waals surface area (Å²) in [5.74, 6) is -6.80. The third-order valence-corrected chi connectivity index (χ3v) is 7.42. The van der Waals surface area contributed by atoms with E-state index in [9.17, 15) is 34.8 Å². The van der Waals surface area contributed by atoms with Gasteiger partial charge < -0.3 is 26.2 Å². The Bertz CT molecular complexity index is 1030. The fourth-order valence-electron chi connectivity index (χ4n) is 5.79. The Balaban J connectivity index is 1.81. The van der Waals surface area contributed by atoms with Crippen LogP contribution in [0.4, 0.5) is 0 Å². The third kappa shape index (κ3) is 3.16. The molecule has 8 heteroatoms. The summed E-state index contributed by atoms with van der Waals surface area (Å²) in [4.78, 5) is 38.1. The number of aliphatic hydroxyl groups is 3. The lowest BCUT2D eigenvalue weighted by atomic mass is 9.57. The summed E-state index contributed by atoms with van der Waals surface area (Å²) in [6.07, 6.45) is 2.87. The lowest BCUT2D eigenvalue weighted by Crippen LogP contribution is -2.63. The first-order valence-electron chi connectivity index (χ1n) is 11.2. The fourth-order valence-corrected chi connectivity index (χ4v) is 5.79. The number of carbonyl (C=O) groups is 3. The number of Topliss-reactive ketones (excluding diaryl/α,β-unsaturated/α-hetero) is 2. The Labute approximate surface area is 185 Å². The number of nitrogens with two attached hydrogens (primary N) is 1. The second-order valence-electron chi connectivity index (χ2n) is 9.29. The molecule has 2 unspecified atom stereocenters. The van der Waals surface area contributed by atoms with Crippen molar-refractivity contribution in [3.63, 3.8) is 0 Å². The minimum atomic E-state index is -2.47. The van der Waals surface area contributed by atoms with Crippen molar-refractivity contribution in [1.82, 2.24) is 0 Å². The van der Waals surface area contributed by atoms with Gasteiger partial charge in [0.2, 0.25) is 5.91 Å². The Morgan fingerprint density at radius 3 is 2.56 bits per heavy atom. The standard InChI is InChI=1S/C24H29NO7/c1-2-3-4-5-11-6-7-15(26)18-14(11)9-12-8-13-10-16(27)19(23(25)31)22(30)24(13,32)21(29)17(12)20(18)28/h6-7,12-13,16,19,26-27,29,32H,2-5,8-10H2,1H3,(H2,25,31)/t12-,13+,16?,19?,24+/m1/s1. The molecule has 0 spiro atoms. The molecular weight excluding hydrogens is 414 g/mol. The molecule has 5 atom stereocenters. The molecule has 32 heavy (non-hydrogen) atoms. The summed E-state index contributed by atoms with van der Waals surface area (Å²) in [6.45, 7) is 2.10. The van der Waals surface area contributed by atoms with Gasteiger partial charge in [-0.1, -0.05) is 25.8 Å². The fraction of sp³-hybridized carbons (Fsp3) is 0.542. The van der Waals surface area contributed by atoms with Crippen molar-refractivity contribution < 1.29 is 34.8 Å². The van der Waals surface area contributed by atoms with Crippen LogP contribution in [0.15, 0.2) is 23.5 Å². The van der Waals surface area contributed by atoms with Crippen LogP contribution in [0.1, 0.15) is 60.5 Å². The van der Waals surface area contributed by atoms with E-state index in [0.717, 1.165) is 36.8 Å². The Kier molecular flexibility index (Phi) is 5.63. The van der Waals surface area contributed by atoms with E-state index in [1.54, 1.807) is 0 Å². The van der Waals surface area contributed by atoms with Gasteiger partial charge in [0.15, 0.2) is 17.2 Å². The minimum absolute atomic E-state index is 0.0913. The molecule has 3 aliphatic rings.